The van der Waals surface area contributed by atoms with E-state index in [-0.39, 0.29) is 11.8 Å². The first-order valence-corrected chi connectivity index (χ1v) is 7.52. The minimum absolute atomic E-state index is 0.0530. The monoisotopic (exact) mass is 291 g/mol. The minimum atomic E-state index is -0.170. The molecule has 22 heavy (non-hydrogen) atoms. The van der Waals surface area contributed by atoms with E-state index in [0.29, 0.717) is 6.42 Å². The fourth-order valence-electron chi connectivity index (χ4n) is 3.24. The lowest BCUT2D eigenvalue weighted by molar-refractivity contribution is -0.117. The van der Waals surface area contributed by atoms with Gasteiger partial charge in [0.2, 0.25) is 5.91 Å². The summed E-state index contributed by atoms with van der Waals surface area (Å²) in [6, 6.07) is 14.1. The summed E-state index contributed by atoms with van der Waals surface area (Å²) in [5, 5.41) is 4.09. The first kappa shape index (κ1) is 13.1. The quantitative estimate of drug-likeness (QED) is 0.763. The van der Waals surface area contributed by atoms with Crippen molar-refractivity contribution in [2.45, 2.75) is 26.2 Å². The van der Waals surface area contributed by atoms with E-state index in [2.05, 4.69) is 25.2 Å². The van der Waals surface area contributed by atoms with Gasteiger partial charge in [0.25, 0.3) is 0 Å². The summed E-state index contributed by atoms with van der Waals surface area (Å²) in [6.45, 7) is 4.14. The maximum Gasteiger partial charge on any atom is 0.232 e. The van der Waals surface area contributed by atoms with Crippen molar-refractivity contribution in [3.63, 3.8) is 0 Å². The predicted octanol–water partition coefficient (Wildman–Crippen LogP) is 4.33. The molecule has 0 saturated heterocycles. The molecule has 1 atom stereocenters. The van der Waals surface area contributed by atoms with Crippen LogP contribution < -0.4 is 5.32 Å². The van der Waals surface area contributed by atoms with E-state index in [1.165, 1.54) is 5.56 Å². The third-order valence-electron chi connectivity index (χ3n) is 4.49. The van der Waals surface area contributed by atoms with Crippen LogP contribution in [0.5, 0.6) is 0 Å². The number of aryl methyl sites for hydroxylation is 2. The Morgan fingerprint density at radius 3 is 2.82 bits per heavy atom. The van der Waals surface area contributed by atoms with Gasteiger partial charge in [-0.2, -0.15) is 0 Å². The molecule has 3 nitrogen and oxygen atoms in total. The maximum atomic E-state index is 12.3. The van der Waals surface area contributed by atoms with Crippen LogP contribution in [0.4, 0.5) is 5.69 Å². The molecular formula is C19H17NO2. The molecule has 0 saturated carbocycles. The Balaban J connectivity index is 1.75. The van der Waals surface area contributed by atoms with Gasteiger partial charge in [-0.25, -0.2) is 0 Å². The number of carbonyl (C=O) groups excluding carboxylic acids is 1. The second kappa shape index (κ2) is 4.73. The molecule has 1 unspecified atom stereocenters. The van der Waals surface area contributed by atoms with Crippen LogP contribution in [-0.2, 0) is 11.2 Å². The molecule has 0 spiro atoms. The number of carbonyl (C=O) groups is 1. The number of rotatable bonds is 2. The third kappa shape index (κ3) is 1.93. The van der Waals surface area contributed by atoms with E-state index in [4.69, 9.17) is 4.42 Å². The number of hydrogen-bond acceptors (Lipinski definition) is 2. The van der Waals surface area contributed by atoms with E-state index >= 15 is 0 Å². The zero-order valence-corrected chi connectivity index (χ0v) is 12.6. The maximum absolute atomic E-state index is 12.3. The Bertz CT molecular complexity index is 892. The first-order chi connectivity index (χ1) is 10.6. The van der Waals surface area contributed by atoms with Crippen LogP contribution in [0.1, 0.15) is 28.4 Å². The topological polar surface area (TPSA) is 42.2 Å². The molecule has 2 aromatic carbocycles. The molecule has 1 aliphatic heterocycles. The SMILES string of the molecule is Cc1ccc2oc(CC3C(=O)Nc4ccccc43)c(C)c2c1. The number of furan rings is 1. The molecule has 1 aromatic heterocycles. The van der Waals surface area contributed by atoms with Gasteiger partial charge in [0.15, 0.2) is 0 Å². The molecule has 1 aliphatic rings. The third-order valence-corrected chi connectivity index (χ3v) is 4.49. The van der Waals surface area contributed by atoms with Crippen molar-refractivity contribution in [2.24, 2.45) is 0 Å². The van der Waals surface area contributed by atoms with Gasteiger partial charge in [-0.3, -0.25) is 4.79 Å². The summed E-state index contributed by atoms with van der Waals surface area (Å²) in [5.41, 5.74) is 5.22. The van der Waals surface area contributed by atoms with Crippen LogP contribution in [0, 0.1) is 13.8 Å². The number of nitrogens with one attached hydrogen (secondary N) is 1. The van der Waals surface area contributed by atoms with Crippen LogP contribution >= 0.6 is 0 Å². The number of amides is 1. The molecule has 0 bridgehead atoms. The highest BCUT2D eigenvalue weighted by molar-refractivity contribution is 6.03. The van der Waals surface area contributed by atoms with Gasteiger partial charge in [0, 0.05) is 17.5 Å². The smallest absolute Gasteiger partial charge is 0.232 e. The van der Waals surface area contributed by atoms with Crippen LogP contribution in [0.2, 0.25) is 0 Å². The summed E-state index contributed by atoms with van der Waals surface area (Å²) >= 11 is 0. The molecule has 0 fully saturated rings. The van der Waals surface area contributed by atoms with Crippen molar-refractivity contribution in [2.75, 3.05) is 5.32 Å². The highest BCUT2D eigenvalue weighted by atomic mass is 16.3. The fraction of sp³-hybridized carbons (Fsp3) is 0.211. The van der Waals surface area contributed by atoms with Crippen molar-refractivity contribution in [3.05, 3.63) is 64.9 Å². The van der Waals surface area contributed by atoms with Crippen molar-refractivity contribution in [1.29, 1.82) is 0 Å². The average molecular weight is 291 g/mol. The molecule has 0 radical (unpaired) electrons. The Morgan fingerprint density at radius 1 is 1.14 bits per heavy atom. The lowest BCUT2D eigenvalue weighted by Crippen LogP contribution is -2.14. The van der Waals surface area contributed by atoms with Crippen molar-refractivity contribution < 1.29 is 9.21 Å². The summed E-state index contributed by atoms with van der Waals surface area (Å²) in [4.78, 5) is 12.3. The van der Waals surface area contributed by atoms with Crippen LogP contribution in [0.3, 0.4) is 0 Å². The Morgan fingerprint density at radius 2 is 1.95 bits per heavy atom. The Hall–Kier alpha value is -2.55. The van der Waals surface area contributed by atoms with Crippen LogP contribution in [-0.4, -0.2) is 5.91 Å². The molecular weight excluding hydrogens is 274 g/mol. The lowest BCUT2D eigenvalue weighted by Gasteiger charge is -2.07. The predicted molar refractivity (Wildman–Crippen MR) is 87.2 cm³/mol. The minimum Gasteiger partial charge on any atom is -0.461 e. The van der Waals surface area contributed by atoms with Gasteiger partial charge >= 0.3 is 0 Å². The van der Waals surface area contributed by atoms with E-state index in [1.807, 2.05) is 36.4 Å². The van der Waals surface area contributed by atoms with Gasteiger partial charge in [-0.05, 0) is 43.2 Å². The number of fused-ring (bicyclic) bond motifs is 2. The van der Waals surface area contributed by atoms with Crippen molar-refractivity contribution in [3.8, 4) is 0 Å². The van der Waals surface area contributed by atoms with Gasteiger partial charge < -0.3 is 9.73 Å². The molecule has 1 N–H and O–H groups in total. The lowest BCUT2D eigenvalue weighted by atomic mass is 9.94. The molecule has 3 heteroatoms. The van der Waals surface area contributed by atoms with Gasteiger partial charge in [-0.1, -0.05) is 29.8 Å². The zero-order valence-electron chi connectivity index (χ0n) is 12.6. The molecule has 4 rings (SSSR count). The molecule has 110 valence electrons. The number of hydrogen-bond donors (Lipinski definition) is 1. The fourth-order valence-corrected chi connectivity index (χ4v) is 3.24. The summed E-state index contributed by atoms with van der Waals surface area (Å²) < 4.78 is 6.00. The normalized spacial score (nSPS) is 16.8. The highest BCUT2D eigenvalue weighted by Crippen LogP contribution is 2.36. The van der Waals surface area contributed by atoms with Crippen LogP contribution in [0.25, 0.3) is 11.0 Å². The Labute approximate surface area is 128 Å². The first-order valence-electron chi connectivity index (χ1n) is 7.52. The van der Waals surface area contributed by atoms with E-state index in [1.54, 1.807) is 0 Å². The van der Waals surface area contributed by atoms with Crippen molar-refractivity contribution >= 4 is 22.6 Å². The molecule has 1 amide bonds. The summed E-state index contributed by atoms with van der Waals surface area (Å²) in [7, 11) is 0. The van der Waals surface area contributed by atoms with Crippen LogP contribution in [0.15, 0.2) is 46.9 Å². The van der Waals surface area contributed by atoms with Crippen molar-refractivity contribution in [1.82, 2.24) is 0 Å². The molecule has 0 aliphatic carbocycles. The average Bonchev–Trinajstić information content (AvgIpc) is 2.99. The molecule has 3 aromatic rings. The largest absolute Gasteiger partial charge is 0.461 e. The highest BCUT2D eigenvalue weighted by Gasteiger charge is 2.31. The Kier molecular flexibility index (Phi) is 2.83. The zero-order chi connectivity index (χ0) is 15.3. The van der Waals surface area contributed by atoms with Gasteiger partial charge in [-0.15, -0.1) is 0 Å². The number of para-hydroxylation sites is 1. The van der Waals surface area contributed by atoms with Gasteiger partial charge in [0.1, 0.15) is 11.3 Å². The second-order valence-electron chi connectivity index (χ2n) is 5.98. The number of anilines is 1. The molecule has 2 heterocycles. The van der Waals surface area contributed by atoms with E-state index in [9.17, 15) is 4.79 Å². The second-order valence-corrected chi connectivity index (χ2v) is 5.98. The van der Waals surface area contributed by atoms with Gasteiger partial charge in [0.05, 0.1) is 5.92 Å². The summed E-state index contributed by atoms with van der Waals surface area (Å²) in [6.07, 6.45) is 0.600. The summed E-state index contributed by atoms with van der Waals surface area (Å²) in [5.74, 6) is 0.784. The standard InChI is InChI=1S/C19H17NO2/c1-11-7-8-17-14(9-11)12(2)18(22-17)10-15-13-5-3-4-6-16(13)20-19(15)21/h3-9,15H,10H2,1-2H3,(H,20,21). The van der Waals surface area contributed by atoms with E-state index < -0.39 is 0 Å². The van der Waals surface area contributed by atoms with E-state index in [0.717, 1.165) is 33.5 Å². The number of benzene rings is 2.